The summed E-state index contributed by atoms with van der Waals surface area (Å²) in [5.41, 5.74) is 5.39. The van der Waals surface area contributed by atoms with Crippen LogP contribution in [0.4, 0.5) is 11.5 Å². The summed E-state index contributed by atoms with van der Waals surface area (Å²) in [6.07, 6.45) is 3.04. The van der Waals surface area contributed by atoms with Crippen LogP contribution in [0.3, 0.4) is 0 Å². The number of hydrogen-bond acceptors (Lipinski definition) is 3. The van der Waals surface area contributed by atoms with Crippen LogP contribution in [-0.4, -0.2) is 11.5 Å². The van der Waals surface area contributed by atoms with Gasteiger partial charge in [0.1, 0.15) is 5.82 Å². The van der Waals surface area contributed by atoms with Gasteiger partial charge in [0.2, 0.25) is 0 Å². The van der Waals surface area contributed by atoms with Crippen molar-refractivity contribution in [3.8, 4) is 0 Å². The Balaban J connectivity index is 1.84. The molecule has 0 amide bonds. The number of benzene rings is 1. The number of hydrogen-bond donors (Lipinski definition) is 2. The van der Waals surface area contributed by atoms with Gasteiger partial charge >= 0.3 is 0 Å². The van der Waals surface area contributed by atoms with Crippen molar-refractivity contribution in [3.63, 3.8) is 0 Å². The summed E-state index contributed by atoms with van der Waals surface area (Å²) in [4.78, 5) is 4.56. The number of fused-ring (bicyclic) bond motifs is 1. The van der Waals surface area contributed by atoms with Gasteiger partial charge in [0.25, 0.3) is 0 Å². The summed E-state index contributed by atoms with van der Waals surface area (Å²) in [5, 5.41) is 6.88. The molecule has 3 heteroatoms. The lowest BCUT2D eigenvalue weighted by Crippen LogP contribution is -2.24. The molecule has 0 aliphatic carbocycles. The summed E-state index contributed by atoms with van der Waals surface area (Å²) in [7, 11) is 0. The standard InChI is InChI=1S/C18H23N3/c1-18(2,3)14-7-8-17(20-12-14)21-16-6-4-5-13-11-19-10-9-15(13)16/h4-8,12,19H,9-11H2,1-3H3,(H,20,21). The van der Waals surface area contributed by atoms with Crippen LogP contribution in [0.1, 0.15) is 37.5 Å². The predicted molar refractivity (Wildman–Crippen MR) is 88.1 cm³/mol. The van der Waals surface area contributed by atoms with Crippen molar-refractivity contribution >= 4 is 11.5 Å². The third-order valence-electron chi connectivity index (χ3n) is 4.03. The second kappa shape index (κ2) is 5.49. The summed E-state index contributed by atoms with van der Waals surface area (Å²) in [6, 6.07) is 10.7. The van der Waals surface area contributed by atoms with Gasteiger partial charge < -0.3 is 10.6 Å². The predicted octanol–water partition coefficient (Wildman–Crippen LogP) is 3.77. The zero-order valence-electron chi connectivity index (χ0n) is 13.0. The van der Waals surface area contributed by atoms with Gasteiger partial charge in [0.05, 0.1) is 0 Å². The first-order chi connectivity index (χ1) is 10.0. The molecule has 2 N–H and O–H groups in total. The molecule has 0 spiro atoms. The van der Waals surface area contributed by atoms with E-state index in [1.807, 2.05) is 6.20 Å². The van der Waals surface area contributed by atoms with E-state index < -0.39 is 0 Å². The van der Waals surface area contributed by atoms with Crippen molar-refractivity contribution in [1.82, 2.24) is 10.3 Å². The molecule has 3 nitrogen and oxygen atoms in total. The third kappa shape index (κ3) is 3.08. The van der Waals surface area contributed by atoms with E-state index in [4.69, 9.17) is 0 Å². The van der Waals surface area contributed by atoms with E-state index in [1.54, 1.807) is 0 Å². The van der Waals surface area contributed by atoms with Crippen molar-refractivity contribution < 1.29 is 0 Å². The fraction of sp³-hybridized carbons (Fsp3) is 0.389. The molecule has 1 aromatic carbocycles. The second-order valence-electron chi connectivity index (χ2n) is 6.68. The van der Waals surface area contributed by atoms with Crippen LogP contribution in [0, 0.1) is 0 Å². The Morgan fingerprint density at radius 2 is 2.00 bits per heavy atom. The monoisotopic (exact) mass is 281 g/mol. The van der Waals surface area contributed by atoms with Crippen molar-refractivity contribution in [2.24, 2.45) is 0 Å². The third-order valence-corrected chi connectivity index (χ3v) is 4.03. The van der Waals surface area contributed by atoms with Crippen LogP contribution >= 0.6 is 0 Å². The van der Waals surface area contributed by atoms with Crippen molar-refractivity contribution in [3.05, 3.63) is 53.2 Å². The smallest absolute Gasteiger partial charge is 0.130 e. The van der Waals surface area contributed by atoms with Gasteiger partial charge in [-0.25, -0.2) is 4.98 Å². The Morgan fingerprint density at radius 3 is 2.71 bits per heavy atom. The van der Waals surface area contributed by atoms with Gasteiger partial charge in [-0.15, -0.1) is 0 Å². The maximum atomic E-state index is 4.56. The molecule has 3 rings (SSSR count). The first kappa shape index (κ1) is 14.1. The van der Waals surface area contributed by atoms with E-state index in [0.29, 0.717) is 0 Å². The normalized spacial score (nSPS) is 14.6. The SMILES string of the molecule is CC(C)(C)c1ccc(Nc2cccc3c2CCNC3)nc1. The van der Waals surface area contributed by atoms with Crippen LogP contribution in [0.5, 0.6) is 0 Å². The molecule has 0 saturated heterocycles. The minimum Gasteiger partial charge on any atom is -0.340 e. The van der Waals surface area contributed by atoms with Crippen molar-refractivity contribution in [2.75, 3.05) is 11.9 Å². The molecule has 0 bridgehead atoms. The summed E-state index contributed by atoms with van der Waals surface area (Å²) in [5.74, 6) is 0.912. The minimum atomic E-state index is 0.142. The molecule has 2 heterocycles. The maximum absolute atomic E-state index is 4.56. The lowest BCUT2D eigenvalue weighted by atomic mass is 9.88. The largest absolute Gasteiger partial charge is 0.340 e. The minimum absolute atomic E-state index is 0.142. The zero-order chi connectivity index (χ0) is 14.9. The molecular formula is C18H23N3. The van der Waals surface area contributed by atoms with E-state index in [0.717, 1.165) is 25.3 Å². The first-order valence-corrected chi connectivity index (χ1v) is 7.59. The van der Waals surface area contributed by atoms with E-state index in [2.05, 4.69) is 66.7 Å². The van der Waals surface area contributed by atoms with Crippen LogP contribution in [0.2, 0.25) is 0 Å². The summed E-state index contributed by atoms with van der Waals surface area (Å²) < 4.78 is 0. The number of nitrogens with one attached hydrogen (secondary N) is 2. The molecule has 21 heavy (non-hydrogen) atoms. The number of aromatic nitrogens is 1. The molecular weight excluding hydrogens is 258 g/mol. The zero-order valence-corrected chi connectivity index (χ0v) is 13.0. The summed E-state index contributed by atoms with van der Waals surface area (Å²) in [6.45, 7) is 8.62. The van der Waals surface area contributed by atoms with Gasteiger partial charge in [-0.2, -0.15) is 0 Å². The number of nitrogens with zero attached hydrogens (tertiary/aromatic N) is 1. The molecule has 0 fully saturated rings. The fourth-order valence-corrected chi connectivity index (χ4v) is 2.70. The highest BCUT2D eigenvalue weighted by atomic mass is 15.0. The molecule has 1 aliphatic heterocycles. The Hall–Kier alpha value is -1.87. The van der Waals surface area contributed by atoms with Gasteiger partial charge in [-0.05, 0) is 47.2 Å². The number of rotatable bonds is 2. The molecule has 1 aliphatic rings. The molecule has 1 aromatic heterocycles. The Kier molecular flexibility index (Phi) is 3.68. The van der Waals surface area contributed by atoms with E-state index >= 15 is 0 Å². The van der Waals surface area contributed by atoms with Crippen molar-refractivity contribution in [1.29, 1.82) is 0 Å². The molecule has 0 atom stereocenters. The topological polar surface area (TPSA) is 37.0 Å². The molecule has 110 valence electrons. The average Bonchev–Trinajstić information content (AvgIpc) is 2.47. The van der Waals surface area contributed by atoms with Gasteiger partial charge in [-0.1, -0.05) is 39.0 Å². The van der Waals surface area contributed by atoms with Gasteiger partial charge in [0.15, 0.2) is 0 Å². The van der Waals surface area contributed by atoms with E-state index in [1.165, 1.54) is 22.4 Å². The second-order valence-corrected chi connectivity index (χ2v) is 6.68. The van der Waals surface area contributed by atoms with E-state index in [-0.39, 0.29) is 5.41 Å². The van der Waals surface area contributed by atoms with Crippen LogP contribution < -0.4 is 10.6 Å². The number of anilines is 2. The van der Waals surface area contributed by atoms with E-state index in [9.17, 15) is 0 Å². The maximum Gasteiger partial charge on any atom is 0.130 e. The van der Waals surface area contributed by atoms with Gasteiger partial charge in [-0.3, -0.25) is 0 Å². The van der Waals surface area contributed by atoms with Crippen LogP contribution in [-0.2, 0) is 18.4 Å². The highest BCUT2D eigenvalue weighted by Gasteiger charge is 2.15. The lowest BCUT2D eigenvalue weighted by Gasteiger charge is -2.21. The van der Waals surface area contributed by atoms with Crippen LogP contribution in [0.15, 0.2) is 36.5 Å². The lowest BCUT2D eigenvalue weighted by molar-refractivity contribution is 0.587. The van der Waals surface area contributed by atoms with Crippen molar-refractivity contribution in [2.45, 2.75) is 39.2 Å². The average molecular weight is 281 g/mol. The Morgan fingerprint density at radius 1 is 1.14 bits per heavy atom. The summed E-state index contributed by atoms with van der Waals surface area (Å²) >= 11 is 0. The van der Waals surface area contributed by atoms with Crippen LogP contribution in [0.25, 0.3) is 0 Å². The fourth-order valence-electron chi connectivity index (χ4n) is 2.70. The first-order valence-electron chi connectivity index (χ1n) is 7.59. The molecule has 0 unspecified atom stereocenters. The number of pyridine rings is 1. The molecule has 0 saturated carbocycles. The highest BCUT2D eigenvalue weighted by Crippen LogP contribution is 2.27. The van der Waals surface area contributed by atoms with Gasteiger partial charge in [0, 0.05) is 18.4 Å². The Bertz CT molecular complexity index is 624. The quantitative estimate of drug-likeness (QED) is 0.880. The molecule has 2 aromatic rings. The Labute approximate surface area is 126 Å². The highest BCUT2D eigenvalue weighted by molar-refractivity contribution is 5.63. The molecule has 0 radical (unpaired) electrons.